The molecule has 1 atom stereocenters. The maximum atomic E-state index is 13.0. The predicted molar refractivity (Wildman–Crippen MR) is 113 cm³/mol. The molecule has 1 aromatic carbocycles. The van der Waals surface area contributed by atoms with Crippen LogP contribution in [-0.2, 0) is 17.8 Å². The molecular formula is C22H27N3O2S. The summed E-state index contributed by atoms with van der Waals surface area (Å²) in [5.74, 6) is 0.555. The summed E-state index contributed by atoms with van der Waals surface area (Å²) >= 11 is 1.53. The van der Waals surface area contributed by atoms with Crippen LogP contribution in [0.25, 0.3) is 11.0 Å². The van der Waals surface area contributed by atoms with E-state index in [1.807, 2.05) is 31.2 Å². The molecule has 0 bridgehead atoms. The lowest BCUT2D eigenvalue weighted by Gasteiger charge is -2.14. The molecule has 2 aromatic heterocycles. The van der Waals surface area contributed by atoms with Gasteiger partial charge in [-0.05, 0) is 51.8 Å². The Morgan fingerprint density at radius 2 is 2.11 bits per heavy atom. The van der Waals surface area contributed by atoms with Crippen LogP contribution in [0.1, 0.15) is 41.5 Å². The van der Waals surface area contributed by atoms with Crippen LogP contribution >= 0.6 is 11.8 Å². The lowest BCUT2D eigenvalue weighted by molar-refractivity contribution is 0.0957. The minimum Gasteiger partial charge on any atom is -0.376 e. The Bertz CT molecular complexity index is 999. The molecule has 3 heterocycles. The van der Waals surface area contributed by atoms with Crippen LogP contribution in [-0.4, -0.2) is 38.4 Å². The van der Waals surface area contributed by atoms with Gasteiger partial charge in [0.05, 0.1) is 22.9 Å². The number of para-hydroxylation sites is 2. The van der Waals surface area contributed by atoms with Gasteiger partial charge in [-0.15, -0.1) is 0 Å². The molecule has 6 heteroatoms. The van der Waals surface area contributed by atoms with Gasteiger partial charge in [-0.2, -0.15) is 0 Å². The Balaban J connectivity index is 1.50. The number of carbonyl (C=O) groups is 1. The fraction of sp³-hybridized carbons (Fsp3) is 0.455. The number of aromatic nitrogens is 3. The van der Waals surface area contributed by atoms with E-state index in [1.165, 1.54) is 11.8 Å². The number of hydrogen-bond acceptors (Lipinski definition) is 4. The zero-order chi connectivity index (χ0) is 19.7. The van der Waals surface area contributed by atoms with Crippen molar-refractivity contribution in [3.05, 3.63) is 47.3 Å². The first-order chi connectivity index (χ1) is 13.6. The maximum Gasteiger partial charge on any atom is 0.175 e. The first kappa shape index (κ1) is 19.3. The van der Waals surface area contributed by atoms with E-state index in [-0.39, 0.29) is 11.9 Å². The van der Waals surface area contributed by atoms with Gasteiger partial charge in [0.25, 0.3) is 0 Å². The van der Waals surface area contributed by atoms with Gasteiger partial charge >= 0.3 is 0 Å². The molecule has 28 heavy (non-hydrogen) atoms. The third kappa shape index (κ3) is 3.63. The molecule has 0 spiro atoms. The van der Waals surface area contributed by atoms with Crippen molar-refractivity contribution in [2.45, 2.75) is 58.0 Å². The number of benzene rings is 1. The average molecular weight is 398 g/mol. The van der Waals surface area contributed by atoms with Gasteiger partial charge in [-0.25, -0.2) is 4.98 Å². The molecule has 1 fully saturated rings. The number of rotatable bonds is 7. The molecule has 0 saturated carbocycles. The number of Topliss-reactive ketones (excluding diaryl/α,β-unsaturated/α-hetero) is 1. The Labute approximate surface area is 170 Å². The van der Waals surface area contributed by atoms with Crippen LogP contribution in [0.3, 0.4) is 0 Å². The highest BCUT2D eigenvalue weighted by Gasteiger charge is 2.21. The van der Waals surface area contributed by atoms with Gasteiger partial charge in [-0.1, -0.05) is 23.9 Å². The third-order valence-corrected chi connectivity index (χ3v) is 6.53. The van der Waals surface area contributed by atoms with Gasteiger partial charge in [0.15, 0.2) is 10.9 Å². The minimum absolute atomic E-state index is 0.159. The van der Waals surface area contributed by atoms with E-state index in [4.69, 9.17) is 9.72 Å². The van der Waals surface area contributed by atoms with Gasteiger partial charge in [-0.3, -0.25) is 4.79 Å². The monoisotopic (exact) mass is 397 g/mol. The molecule has 148 valence electrons. The molecule has 1 aliphatic rings. The molecular weight excluding hydrogens is 370 g/mol. The molecule has 3 aromatic rings. The maximum absolute atomic E-state index is 13.0. The number of fused-ring (bicyclic) bond motifs is 1. The van der Waals surface area contributed by atoms with E-state index in [2.05, 4.69) is 29.0 Å². The minimum atomic E-state index is 0.159. The van der Waals surface area contributed by atoms with E-state index in [0.717, 1.165) is 65.7 Å². The number of carbonyl (C=O) groups excluding carboxylic acids is 1. The molecule has 0 N–H and O–H groups in total. The summed E-state index contributed by atoms with van der Waals surface area (Å²) in [6, 6.07) is 10.1. The molecule has 5 nitrogen and oxygen atoms in total. The van der Waals surface area contributed by atoms with Gasteiger partial charge in [0, 0.05) is 36.6 Å². The lowest BCUT2D eigenvalue weighted by atomic mass is 10.2. The van der Waals surface area contributed by atoms with Crippen LogP contribution in [0, 0.1) is 13.8 Å². The molecule has 1 saturated heterocycles. The summed E-state index contributed by atoms with van der Waals surface area (Å²) in [6.07, 6.45) is 2.50. The summed E-state index contributed by atoms with van der Waals surface area (Å²) in [5, 5.41) is 0.908. The third-order valence-electron chi connectivity index (χ3n) is 5.55. The Morgan fingerprint density at radius 1 is 1.29 bits per heavy atom. The number of hydrogen-bond donors (Lipinski definition) is 0. The van der Waals surface area contributed by atoms with Crippen molar-refractivity contribution in [3.63, 3.8) is 0 Å². The van der Waals surface area contributed by atoms with Crippen molar-refractivity contribution in [3.8, 4) is 0 Å². The highest BCUT2D eigenvalue weighted by Crippen LogP contribution is 2.26. The number of thioether (sulfide) groups is 1. The Hall–Kier alpha value is -2.05. The zero-order valence-corrected chi connectivity index (χ0v) is 17.6. The second kappa shape index (κ2) is 8.13. The van der Waals surface area contributed by atoms with Crippen molar-refractivity contribution in [2.75, 3.05) is 12.4 Å². The highest BCUT2D eigenvalue weighted by atomic mass is 32.2. The SMILES string of the molecule is CCn1c(SCC(=O)c2cc(C)n(C[C@@H]3CCCO3)c2C)nc2ccccc21. The lowest BCUT2D eigenvalue weighted by Crippen LogP contribution is -2.17. The molecule has 0 unspecified atom stereocenters. The summed E-state index contributed by atoms with van der Waals surface area (Å²) < 4.78 is 10.2. The van der Waals surface area contributed by atoms with Crippen LogP contribution in [0.15, 0.2) is 35.5 Å². The number of ketones is 1. The van der Waals surface area contributed by atoms with Crippen molar-refractivity contribution in [2.24, 2.45) is 0 Å². The number of nitrogens with zero attached hydrogens (tertiary/aromatic N) is 3. The van der Waals surface area contributed by atoms with Gasteiger partial charge in [0.1, 0.15) is 0 Å². The molecule has 0 radical (unpaired) electrons. The summed E-state index contributed by atoms with van der Waals surface area (Å²) in [4.78, 5) is 17.7. The van der Waals surface area contributed by atoms with Gasteiger partial charge in [0.2, 0.25) is 0 Å². The molecule has 4 rings (SSSR count). The number of imidazole rings is 1. The van der Waals surface area contributed by atoms with Crippen molar-refractivity contribution in [1.82, 2.24) is 14.1 Å². The summed E-state index contributed by atoms with van der Waals surface area (Å²) in [5.41, 5.74) is 5.09. The standard InChI is InChI=1S/C22H27N3O2S/c1-4-24-20-10-6-5-9-19(20)23-22(24)28-14-21(26)18-12-15(2)25(16(18)3)13-17-8-7-11-27-17/h5-6,9-10,12,17H,4,7-8,11,13-14H2,1-3H3/t17-/m0/s1. The largest absolute Gasteiger partial charge is 0.376 e. The smallest absolute Gasteiger partial charge is 0.175 e. The summed E-state index contributed by atoms with van der Waals surface area (Å²) in [6.45, 7) is 8.75. The van der Waals surface area contributed by atoms with Crippen LogP contribution in [0.4, 0.5) is 0 Å². The average Bonchev–Trinajstić information content (AvgIpc) is 3.40. The first-order valence-electron chi connectivity index (χ1n) is 9.98. The van der Waals surface area contributed by atoms with E-state index < -0.39 is 0 Å². The van der Waals surface area contributed by atoms with Crippen LogP contribution in [0.2, 0.25) is 0 Å². The second-order valence-electron chi connectivity index (χ2n) is 7.37. The second-order valence-corrected chi connectivity index (χ2v) is 8.31. The van der Waals surface area contributed by atoms with Crippen molar-refractivity contribution >= 4 is 28.6 Å². The fourth-order valence-corrected chi connectivity index (χ4v) is 5.00. The number of aryl methyl sites for hydroxylation is 2. The summed E-state index contributed by atoms with van der Waals surface area (Å²) in [7, 11) is 0. The van der Waals surface area contributed by atoms with Crippen molar-refractivity contribution < 1.29 is 9.53 Å². The molecule has 0 amide bonds. The fourth-order valence-electron chi connectivity index (χ4n) is 4.03. The molecule has 0 aliphatic carbocycles. The van der Waals surface area contributed by atoms with Crippen LogP contribution < -0.4 is 0 Å². The van der Waals surface area contributed by atoms with E-state index >= 15 is 0 Å². The Morgan fingerprint density at radius 3 is 2.86 bits per heavy atom. The Kier molecular flexibility index (Phi) is 5.60. The van der Waals surface area contributed by atoms with Crippen LogP contribution in [0.5, 0.6) is 0 Å². The normalized spacial score (nSPS) is 16.9. The van der Waals surface area contributed by atoms with E-state index in [9.17, 15) is 4.79 Å². The van der Waals surface area contributed by atoms with Crippen molar-refractivity contribution in [1.29, 1.82) is 0 Å². The number of ether oxygens (including phenoxy) is 1. The quantitative estimate of drug-likeness (QED) is 0.431. The van der Waals surface area contributed by atoms with E-state index in [1.54, 1.807) is 0 Å². The topological polar surface area (TPSA) is 49.0 Å². The molecule has 1 aliphatic heterocycles. The predicted octanol–water partition coefficient (Wildman–Crippen LogP) is 4.63. The zero-order valence-electron chi connectivity index (χ0n) is 16.8. The van der Waals surface area contributed by atoms with Gasteiger partial charge < -0.3 is 13.9 Å². The highest BCUT2D eigenvalue weighted by molar-refractivity contribution is 7.99. The van der Waals surface area contributed by atoms with E-state index in [0.29, 0.717) is 5.75 Å². The first-order valence-corrected chi connectivity index (χ1v) is 11.0.